The quantitative estimate of drug-likeness (QED) is 0.535. The van der Waals surface area contributed by atoms with Crippen LogP contribution in [-0.4, -0.2) is 47.5 Å². The molecule has 2 heterocycles. The van der Waals surface area contributed by atoms with E-state index in [0.717, 1.165) is 22.7 Å². The molecule has 1 N–H and O–H groups in total. The highest BCUT2D eigenvalue weighted by molar-refractivity contribution is 6.63. The minimum atomic E-state index is -1.49. The summed E-state index contributed by atoms with van der Waals surface area (Å²) in [5.74, 6) is -1.52. The second kappa shape index (κ2) is 10.5. The van der Waals surface area contributed by atoms with Gasteiger partial charge in [-0.1, -0.05) is 58.2 Å². The third-order valence-corrected chi connectivity index (χ3v) is 9.65. The lowest BCUT2D eigenvalue weighted by molar-refractivity contribution is -0.164. The monoisotopic (exact) mass is 440 g/mol. The van der Waals surface area contributed by atoms with Crippen LogP contribution in [0.15, 0.2) is 18.3 Å². The van der Waals surface area contributed by atoms with Crippen molar-refractivity contribution in [2.24, 2.45) is 0 Å². The van der Waals surface area contributed by atoms with Gasteiger partial charge >= 0.3 is 6.09 Å². The molecule has 1 aromatic heterocycles. The molecule has 0 bridgehead atoms. The average molecular weight is 441 g/mol. The number of β-lactam (4-membered cyclic amide) rings is 1. The molecule has 0 saturated carbocycles. The van der Waals surface area contributed by atoms with E-state index in [1.165, 1.54) is 12.3 Å². The number of hydrogen-bond acceptors (Lipinski definition) is 5. The van der Waals surface area contributed by atoms with Crippen molar-refractivity contribution < 1.29 is 23.8 Å². The highest BCUT2D eigenvalue weighted by Gasteiger charge is 2.53. The van der Waals surface area contributed by atoms with E-state index in [1.807, 2.05) is 0 Å². The van der Waals surface area contributed by atoms with E-state index in [-0.39, 0.29) is 5.69 Å². The molecule has 0 aliphatic carbocycles. The molecule has 1 saturated heterocycles. The van der Waals surface area contributed by atoms with Crippen LogP contribution in [0.25, 0.3) is 0 Å². The summed E-state index contributed by atoms with van der Waals surface area (Å²) in [5, 5.41) is 9.67. The summed E-state index contributed by atoms with van der Waals surface area (Å²) in [5.41, 5.74) is 1.95. The first kappa shape index (κ1) is 26.2. The molecular weight excluding hydrogens is 403 g/mol. The number of pyridine rings is 1. The van der Waals surface area contributed by atoms with Crippen molar-refractivity contribution in [3.05, 3.63) is 29.8 Å². The topological polar surface area (TPSA) is 79.7 Å². The number of halogens is 1. The number of likely N-dealkylation sites (tertiary alicyclic amines) is 1. The predicted molar refractivity (Wildman–Crippen MR) is 118 cm³/mol. The molecule has 1 aliphatic heterocycles. The maximum absolute atomic E-state index is 13.7. The van der Waals surface area contributed by atoms with Gasteiger partial charge < -0.3 is 9.84 Å². The van der Waals surface area contributed by atoms with Crippen molar-refractivity contribution in [2.45, 2.75) is 96.7 Å². The second-order valence-corrected chi connectivity index (χ2v) is 14.9. The zero-order chi connectivity index (χ0) is 23.4. The van der Waals surface area contributed by atoms with Crippen molar-refractivity contribution in [1.82, 2.24) is 9.88 Å². The van der Waals surface area contributed by atoms with Crippen molar-refractivity contribution in [3.63, 3.8) is 0 Å². The van der Waals surface area contributed by atoms with Crippen LogP contribution >= 0.6 is 0 Å². The minimum absolute atomic E-state index is 0.162. The first-order chi connectivity index (χ1) is 13.7. The van der Waals surface area contributed by atoms with Gasteiger partial charge in [0.25, 0.3) is 5.91 Å². The van der Waals surface area contributed by atoms with Crippen LogP contribution in [0, 0.1) is 5.82 Å². The molecule has 0 radical (unpaired) electrons. The van der Waals surface area contributed by atoms with Crippen LogP contribution < -0.4 is 0 Å². The molecular formula is C22H37FN2O4Si. The lowest BCUT2D eigenvalue weighted by Crippen LogP contribution is -2.62. The lowest BCUT2D eigenvalue weighted by Gasteiger charge is -2.42. The van der Waals surface area contributed by atoms with Crippen LogP contribution in [0.2, 0.25) is 16.6 Å². The normalized spacial score (nSPS) is 19.2. The van der Waals surface area contributed by atoms with Crippen molar-refractivity contribution in [3.8, 4) is 0 Å². The molecule has 0 unspecified atom stereocenters. The number of hydrogen-bond donors (Lipinski definition) is 1. The number of aromatic nitrogens is 1. The number of amides is 2. The molecule has 2 amide bonds. The van der Waals surface area contributed by atoms with Gasteiger partial charge in [-0.3, -0.25) is 9.78 Å². The van der Waals surface area contributed by atoms with Gasteiger partial charge in [0, 0.05) is 15.0 Å². The van der Waals surface area contributed by atoms with Gasteiger partial charge in [0.15, 0.2) is 6.10 Å². The summed E-state index contributed by atoms with van der Waals surface area (Å²) >= 11 is 0. The Morgan fingerprint density at radius 2 is 1.67 bits per heavy atom. The molecule has 1 fully saturated rings. The van der Waals surface area contributed by atoms with Crippen LogP contribution in [-0.2, 0) is 9.53 Å². The molecule has 30 heavy (non-hydrogen) atoms. The first-order valence-corrected chi connectivity index (χ1v) is 12.5. The van der Waals surface area contributed by atoms with E-state index < -0.39 is 44.4 Å². The Hall–Kier alpha value is -1.80. The molecule has 0 spiro atoms. The predicted octanol–water partition coefficient (Wildman–Crippen LogP) is 4.84. The highest BCUT2D eigenvalue weighted by atomic mass is 28.3. The van der Waals surface area contributed by atoms with Crippen LogP contribution in [0.3, 0.4) is 0 Å². The second-order valence-electron chi connectivity index (χ2n) is 9.76. The Morgan fingerprint density at radius 3 is 2.03 bits per heavy atom. The van der Waals surface area contributed by atoms with Gasteiger partial charge in [-0.2, -0.15) is 0 Å². The fraction of sp³-hybridized carbons (Fsp3) is 0.682. The number of aliphatic hydroxyl groups is 1. The smallest absolute Gasteiger partial charge is 0.417 e. The Labute approximate surface area is 181 Å². The van der Waals surface area contributed by atoms with Gasteiger partial charge in [-0.05, 0) is 32.9 Å². The molecule has 2 atom stereocenters. The summed E-state index contributed by atoms with van der Waals surface area (Å²) in [6.07, 6.45) is -1.10. The van der Waals surface area contributed by atoms with Crippen molar-refractivity contribution >= 4 is 20.8 Å². The van der Waals surface area contributed by atoms with Crippen molar-refractivity contribution in [2.75, 3.05) is 0 Å². The van der Waals surface area contributed by atoms with Gasteiger partial charge in [0.05, 0.1) is 0 Å². The molecule has 2 rings (SSSR count). The molecule has 1 aliphatic rings. The summed E-state index contributed by atoms with van der Waals surface area (Å²) in [6.45, 7) is 19.2. The maximum Gasteiger partial charge on any atom is 0.417 e. The Bertz CT molecular complexity index is 715. The standard InChI is InChI=1S/C13H15FN2O4.C9H22Si/c1-13(2,3)20-12(19)16-9(10(17)11(16)18)8-7(14)5-4-6-15-8;1-7(2)10(8(3)4)9(5)6/h4-6,9-10,17H,1-3H3;7-10H,1-6H3/t9-,10+;/m0./s1. The van der Waals surface area contributed by atoms with Crippen molar-refractivity contribution in [1.29, 1.82) is 0 Å². The first-order valence-electron chi connectivity index (χ1n) is 10.5. The number of ether oxygens (including phenoxy) is 1. The summed E-state index contributed by atoms with van der Waals surface area (Å²) in [7, 11) is -0.454. The molecule has 8 heteroatoms. The SMILES string of the molecule is CC(C)(C)OC(=O)N1C(=O)[C@H](O)[C@@H]1c1ncccc1F.CC(C)[SiH](C(C)C)C(C)C. The largest absolute Gasteiger partial charge is 0.443 e. The molecule has 170 valence electrons. The molecule has 1 aromatic rings. The number of carbonyl (C=O) groups is 2. The van der Waals surface area contributed by atoms with Gasteiger partial charge in [-0.15, -0.1) is 0 Å². The average Bonchev–Trinajstić information content (AvgIpc) is 2.57. The fourth-order valence-corrected chi connectivity index (χ4v) is 8.80. The van der Waals surface area contributed by atoms with E-state index >= 15 is 0 Å². The summed E-state index contributed by atoms with van der Waals surface area (Å²) < 4.78 is 18.7. The summed E-state index contributed by atoms with van der Waals surface area (Å²) in [4.78, 5) is 28.0. The lowest BCUT2D eigenvalue weighted by atomic mass is 9.94. The van der Waals surface area contributed by atoms with E-state index in [4.69, 9.17) is 4.74 Å². The van der Waals surface area contributed by atoms with E-state index in [1.54, 1.807) is 20.8 Å². The van der Waals surface area contributed by atoms with E-state index in [2.05, 4.69) is 46.5 Å². The zero-order valence-electron chi connectivity index (χ0n) is 19.6. The number of carbonyl (C=O) groups excluding carboxylic acids is 2. The number of rotatable bonds is 4. The van der Waals surface area contributed by atoms with Crippen LogP contribution in [0.1, 0.15) is 74.0 Å². The van der Waals surface area contributed by atoms with E-state index in [0.29, 0.717) is 4.90 Å². The third kappa shape index (κ3) is 6.60. The number of nitrogens with zero attached hydrogens (tertiary/aromatic N) is 2. The maximum atomic E-state index is 13.7. The summed E-state index contributed by atoms with van der Waals surface area (Å²) in [6, 6.07) is 1.37. The highest BCUT2D eigenvalue weighted by Crippen LogP contribution is 2.36. The van der Waals surface area contributed by atoms with Crippen LogP contribution in [0.4, 0.5) is 9.18 Å². The van der Waals surface area contributed by atoms with Crippen LogP contribution in [0.5, 0.6) is 0 Å². The Morgan fingerprint density at radius 1 is 1.17 bits per heavy atom. The zero-order valence-corrected chi connectivity index (χ0v) is 20.8. The third-order valence-electron chi connectivity index (χ3n) is 5.03. The van der Waals surface area contributed by atoms with E-state index in [9.17, 15) is 19.1 Å². The fourth-order valence-electron chi connectivity index (χ4n) is 4.19. The minimum Gasteiger partial charge on any atom is -0.443 e. The Kier molecular flexibility index (Phi) is 9.17. The van der Waals surface area contributed by atoms with Gasteiger partial charge in [-0.25, -0.2) is 14.1 Å². The van der Waals surface area contributed by atoms with Gasteiger partial charge in [0.1, 0.15) is 23.2 Å². The Balaban J connectivity index is 0.000000382. The molecule has 6 nitrogen and oxygen atoms in total. The number of imide groups is 1. The molecule has 0 aromatic carbocycles. The van der Waals surface area contributed by atoms with Gasteiger partial charge in [0.2, 0.25) is 0 Å². The number of aliphatic hydroxyl groups excluding tert-OH is 1.